The molecule has 0 saturated carbocycles. The molecule has 0 aliphatic heterocycles. The molecular formula is C17H13BrFN3O2. The van der Waals surface area contributed by atoms with E-state index in [1.54, 1.807) is 6.07 Å². The van der Waals surface area contributed by atoms with Crippen molar-refractivity contribution in [2.75, 3.05) is 10.6 Å². The Morgan fingerprint density at radius 2 is 1.88 bits per heavy atom. The number of aromatic nitrogens is 1. The van der Waals surface area contributed by atoms with Crippen molar-refractivity contribution < 1.29 is 14.0 Å². The van der Waals surface area contributed by atoms with Crippen LogP contribution in [0.15, 0.2) is 46.9 Å². The number of nitrogens with one attached hydrogen (secondary N) is 3. The second-order valence-corrected chi connectivity index (χ2v) is 6.16. The highest BCUT2D eigenvalue weighted by molar-refractivity contribution is 9.10. The molecule has 1 heterocycles. The van der Waals surface area contributed by atoms with Crippen molar-refractivity contribution >= 4 is 50.0 Å². The molecule has 0 unspecified atom stereocenters. The summed E-state index contributed by atoms with van der Waals surface area (Å²) in [7, 11) is 0. The predicted octanol–water partition coefficient (Wildman–Crippen LogP) is 4.28. The first-order valence-corrected chi connectivity index (χ1v) is 7.88. The number of aromatic amines is 1. The summed E-state index contributed by atoms with van der Waals surface area (Å²) in [6.07, 6.45) is 0. The average molecular weight is 390 g/mol. The van der Waals surface area contributed by atoms with Crippen LogP contribution < -0.4 is 10.6 Å². The lowest BCUT2D eigenvalue weighted by Gasteiger charge is -2.08. The van der Waals surface area contributed by atoms with Crippen molar-refractivity contribution in [1.29, 1.82) is 0 Å². The van der Waals surface area contributed by atoms with Crippen LogP contribution in [0.5, 0.6) is 0 Å². The minimum Gasteiger partial charge on any atom is -0.350 e. The number of amides is 2. The molecule has 3 N–H and O–H groups in total. The molecule has 7 heteroatoms. The van der Waals surface area contributed by atoms with Crippen LogP contribution in [-0.2, 0) is 4.79 Å². The smallest absolute Gasteiger partial charge is 0.272 e. The van der Waals surface area contributed by atoms with E-state index < -0.39 is 11.7 Å². The number of carbonyl (C=O) groups is 2. The molecule has 0 bridgehead atoms. The minimum atomic E-state index is -0.571. The molecular weight excluding hydrogens is 377 g/mol. The highest BCUT2D eigenvalue weighted by Crippen LogP contribution is 2.23. The summed E-state index contributed by atoms with van der Waals surface area (Å²) in [6.45, 7) is 1.29. The highest BCUT2D eigenvalue weighted by atomic mass is 79.9. The highest BCUT2D eigenvalue weighted by Gasteiger charge is 2.12. The zero-order chi connectivity index (χ0) is 17.3. The van der Waals surface area contributed by atoms with Crippen molar-refractivity contribution in [2.24, 2.45) is 0 Å². The van der Waals surface area contributed by atoms with Gasteiger partial charge in [-0.25, -0.2) is 4.39 Å². The molecule has 0 aliphatic carbocycles. The average Bonchev–Trinajstić information content (AvgIpc) is 2.93. The Morgan fingerprint density at radius 3 is 2.62 bits per heavy atom. The summed E-state index contributed by atoms with van der Waals surface area (Å²) in [5.41, 5.74) is 1.60. The summed E-state index contributed by atoms with van der Waals surface area (Å²) in [6, 6.07) is 11.4. The second-order valence-electron chi connectivity index (χ2n) is 5.24. The Balaban J connectivity index is 1.84. The first kappa shape index (κ1) is 16.2. The molecule has 0 radical (unpaired) electrons. The Labute approximate surface area is 145 Å². The molecule has 5 nitrogen and oxygen atoms in total. The molecule has 0 saturated heterocycles. The summed E-state index contributed by atoms with van der Waals surface area (Å²) in [5, 5.41) is 5.95. The third-order valence-corrected chi connectivity index (χ3v) is 3.86. The molecule has 24 heavy (non-hydrogen) atoms. The van der Waals surface area contributed by atoms with E-state index in [-0.39, 0.29) is 11.6 Å². The van der Waals surface area contributed by atoms with Gasteiger partial charge in [-0.2, -0.15) is 0 Å². The van der Waals surface area contributed by atoms with Gasteiger partial charge < -0.3 is 15.6 Å². The molecule has 2 amide bonds. The maximum atomic E-state index is 13.6. The summed E-state index contributed by atoms with van der Waals surface area (Å²) >= 11 is 3.38. The van der Waals surface area contributed by atoms with Gasteiger partial charge in [-0.1, -0.05) is 22.0 Å². The van der Waals surface area contributed by atoms with Gasteiger partial charge in [0.05, 0.1) is 5.69 Å². The molecule has 122 valence electrons. The van der Waals surface area contributed by atoms with Crippen LogP contribution in [0.3, 0.4) is 0 Å². The first-order chi connectivity index (χ1) is 11.4. The van der Waals surface area contributed by atoms with Crippen molar-refractivity contribution in [1.82, 2.24) is 4.98 Å². The van der Waals surface area contributed by atoms with Crippen LogP contribution in [0.1, 0.15) is 17.4 Å². The monoisotopic (exact) mass is 389 g/mol. The van der Waals surface area contributed by atoms with Gasteiger partial charge in [0.1, 0.15) is 11.5 Å². The molecule has 3 rings (SSSR count). The molecule has 1 aromatic heterocycles. The lowest BCUT2D eigenvalue weighted by atomic mass is 10.2. The normalized spacial score (nSPS) is 10.6. The van der Waals surface area contributed by atoms with Crippen LogP contribution in [0.2, 0.25) is 0 Å². The Morgan fingerprint density at radius 1 is 1.08 bits per heavy atom. The van der Waals surface area contributed by atoms with Crippen LogP contribution in [0.4, 0.5) is 15.8 Å². The number of hydrogen-bond donors (Lipinski definition) is 3. The number of anilines is 2. The Bertz CT molecular complexity index is 952. The zero-order valence-corrected chi connectivity index (χ0v) is 14.2. The van der Waals surface area contributed by atoms with E-state index in [2.05, 4.69) is 31.5 Å². The van der Waals surface area contributed by atoms with Crippen molar-refractivity contribution in [3.8, 4) is 0 Å². The van der Waals surface area contributed by atoms with E-state index in [0.717, 1.165) is 15.4 Å². The summed E-state index contributed by atoms with van der Waals surface area (Å²) < 4.78 is 14.5. The van der Waals surface area contributed by atoms with E-state index in [1.165, 1.54) is 25.1 Å². The number of halogens is 2. The second kappa shape index (κ2) is 6.45. The van der Waals surface area contributed by atoms with E-state index in [9.17, 15) is 14.0 Å². The lowest BCUT2D eigenvalue weighted by Crippen LogP contribution is -2.13. The molecule has 0 spiro atoms. The molecule has 0 atom stereocenters. The fraction of sp³-hybridized carbons (Fsp3) is 0.0588. The zero-order valence-electron chi connectivity index (χ0n) is 12.6. The van der Waals surface area contributed by atoms with Crippen molar-refractivity contribution in [3.05, 3.63) is 58.4 Å². The van der Waals surface area contributed by atoms with Gasteiger partial charge in [0, 0.05) is 28.0 Å². The molecule has 3 aromatic rings. The van der Waals surface area contributed by atoms with E-state index in [1.807, 2.05) is 18.2 Å². The van der Waals surface area contributed by atoms with Crippen molar-refractivity contribution in [3.63, 3.8) is 0 Å². The third kappa shape index (κ3) is 3.46. The first-order valence-electron chi connectivity index (χ1n) is 7.09. The van der Waals surface area contributed by atoms with Gasteiger partial charge >= 0.3 is 0 Å². The fourth-order valence-corrected chi connectivity index (χ4v) is 2.67. The number of carbonyl (C=O) groups excluding carboxylic acids is 2. The number of rotatable bonds is 3. The quantitative estimate of drug-likeness (QED) is 0.625. The number of H-pyrrole nitrogens is 1. The van der Waals surface area contributed by atoms with Gasteiger partial charge in [-0.15, -0.1) is 0 Å². The molecule has 2 aromatic carbocycles. The maximum Gasteiger partial charge on any atom is 0.272 e. The van der Waals surface area contributed by atoms with E-state index in [0.29, 0.717) is 11.4 Å². The van der Waals surface area contributed by atoms with E-state index in [4.69, 9.17) is 0 Å². The fourth-order valence-electron chi connectivity index (χ4n) is 2.31. The van der Waals surface area contributed by atoms with Gasteiger partial charge in [0.25, 0.3) is 5.91 Å². The van der Waals surface area contributed by atoms with Crippen LogP contribution in [0.25, 0.3) is 10.9 Å². The van der Waals surface area contributed by atoms with Gasteiger partial charge in [-0.3, -0.25) is 9.59 Å². The largest absolute Gasteiger partial charge is 0.350 e. The van der Waals surface area contributed by atoms with Gasteiger partial charge in [0.2, 0.25) is 5.91 Å². The summed E-state index contributed by atoms with van der Waals surface area (Å²) in [4.78, 5) is 26.5. The van der Waals surface area contributed by atoms with Crippen molar-refractivity contribution in [2.45, 2.75) is 6.92 Å². The number of hydrogen-bond acceptors (Lipinski definition) is 2. The van der Waals surface area contributed by atoms with Crippen LogP contribution >= 0.6 is 15.9 Å². The number of benzene rings is 2. The standard InChI is InChI=1S/C17H13BrFN3O2/c1-9(23)20-15-8-12(4-5-13(15)19)21-17(24)16-6-10-2-3-11(18)7-14(10)22-16/h2-8,22H,1H3,(H,20,23)(H,21,24). The maximum absolute atomic E-state index is 13.6. The summed E-state index contributed by atoms with van der Waals surface area (Å²) in [5.74, 6) is -1.32. The number of fused-ring (bicyclic) bond motifs is 1. The minimum absolute atomic E-state index is 0.0147. The van der Waals surface area contributed by atoms with Gasteiger partial charge in [-0.05, 0) is 36.4 Å². The third-order valence-electron chi connectivity index (χ3n) is 3.36. The predicted molar refractivity (Wildman–Crippen MR) is 94.7 cm³/mol. The SMILES string of the molecule is CC(=O)Nc1cc(NC(=O)c2cc3ccc(Br)cc3[nH]2)ccc1F. The lowest BCUT2D eigenvalue weighted by molar-refractivity contribution is -0.114. The van der Waals surface area contributed by atoms with Crippen LogP contribution in [0, 0.1) is 5.82 Å². The topological polar surface area (TPSA) is 74.0 Å². The van der Waals surface area contributed by atoms with E-state index >= 15 is 0 Å². The molecule has 0 fully saturated rings. The molecule has 0 aliphatic rings. The Hall–Kier alpha value is -2.67. The van der Waals surface area contributed by atoms with Gasteiger partial charge in [0.15, 0.2) is 0 Å². The van der Waals surface area contributed by atoms with Crippen LogP contribution in [-0.4, -0.2) is 16.8 Å². The Kier molecular flexibility index (Phi) is 4.35.